The van der Waals surface area contributed by atoms with Crippen molar-refractivity contribution in [3.63, 3.8) is 0 Å². The van der Waals surface area contributed by atoms with Gasteiger partial charge in [-0.15, -0.1) is 0 Å². The van der Waals surface area contributed by atoms with Crippen molar-refractivity contribution in [3.8, 4) is 5.75 Å². The molecule has 1 amide bonds. The first kappa shape index (κ1) is 18.3. The number of carboxylic acids is 1. The van der Waals surface area contributed by atoms with Crippen molar-refractivity contribution in [1.82, 2.24) is 4.90 Å². The Morgan fingerprint density at radius 2 is 1.92 bits per heavy atom. The van der Waals surface area contributed by atoms with Crippen LogP contribution in [0.15, 0.2) is 48.5 Å². The monoisotopic (exact) mass is 342 g/mol. The number of nitrogens with zero attached hydrogens (tertiary/aromatic N) is 1. The minimum atomic E-state index is -0.922. The Bertz CT molecular complexity index is 746. The van der Waals surface area contributed by atoms with Gasteiger partial charge >= 0.3 is 5.97 Å². The highest BCUT2D eigenvalue weighted by atomic mass is 16.5. The molecule has 2 N–H and O–H groups in total. The Morgan fingerprint density at radius 1 is 1.16 bits per heavy atom. The van der Waals surface area contributed by atoms with Crippen LogP contribution in [-0.4, -0.2) is 42.1 Å². The van der Waals surface area contributed by atoms with Crippen molar-refractivity contribution in [2.24, 2.45) is 0 Å². The summed E-state index contributed by atoms with van der Waals surface area (Å²) in [6.07, 6.45) is -0.0783. The lowest BCUT2D eigenvalue weighted by Crippen LogP contribution is -2.33. The highest BCUT2D eigenvalue weighted by Gasteiger charge is 2.18. The number of methoxy groups -OCH3 is 1. The number of nitrogens with one attached hydrogen (secondary N) is 1. The molecule has 2 rings (SSSR count). The van der Waals surface area contributed by atoms with Gasteiger partial charge in [0.1, 0.15) is 5.75 Å². The number of anilines is 2. The first-order chi connectivity index (χ1) is 12.0. The summed E-state index contributed by atoms with van der Waals surface area (Å²) in [6, 6.07) is 14.6. The second-order valence-electron chi connectivity index (χ2n) is 5.43. The highest BCUT2D eigenvalue weighted by Crippen LogP contribution is 2.25. The fourth-order valence-electron chi connectivity index (χ4n) is 2.44. The van der Waals surface area contributed by atoms with Crippen LogP contribution in [0.5, 0.6) is 5.75 Å². The number of amides is 1. The van der Waals surface area contributed by atoms with Crippen LogP contribution < -0.4 is 10.1 Å². The lowest BCUT2D eigenvalue weighted by Gasteiger charge is -2.22. The fourth-order valence-corrected chi connectivity index (χ4v) is 2.44. The van der Waals surface area contributed by atoms with Crippen molar-refractivity contribution in [1.29, 1.82) is 0 Å². The lowest BCUT2D eigenvalue weighted by molar-refractivity contribution is -0.137. The van der Waals surface area contributed by atoms with E-state index >= 15 is 0 Å². The van der Waals surface area contributed by atoms with Gasteiger partial charge < -0.3 is 20.1 Å². The second kappa shape index (κ2) is 8.73. The van der Waals surface area contributed by atoms with E-state index in [1.54, 1.807) is 19.2 Å². The molecule has 2 aromatic rings. The number of benzene rings is 2. The van der Waals surface area contributed by atoms with Gasteiger partial charge in [0.25, 0.3) is 5.91 Å². The van der Waals surface area contributed by atoms with Gasteiger partial charge in [-0.25, -0.2) is 0 Å². The van der Waals surface area contributed by atoms with Crippen molar-refractivity contribution in [2.75, 3.05) is 25.5 Å². The largest absolute Gasteiger partial charge is 0.497 e. The predicted octanol–water partition coefficient (Wildman–Crippen LogP) is 3.38. The van der Waals surface area contributed by atoms with E-state index in [0.717, 1.165) is 5.69 Å². The molecule has 0 atom stereocenters. The molecule has 0 fully saturated rings. The summed E-state index contributed by atoms with van der Waals surface area (Å²) in [5, 5.41) is 12.1. The summed E-state index contributed by atoms with van der Waals surface area (Å²) in [5.74, 6) is -0.408. The van der Waals surface area contributed by atoms with Crippen LogP contribution in [0.3, 0.4) is 0 Å². The molecule has 6 nitrogen and oxygen atoms in total. The van der Waals surface area contributed by atoms with Crippen molar-refractivity contribution in [2.45, 2.75) is 13.3 Å². The Balaban J connectivity index is 2.23. The maximum Gasteiger partial charge on any atom is 0.305 e. The molecule has 0 saturated carbocycles. The minimum Gasteiger partial charge on any atom is -0.497 e. The third-order valence-electron chi connectivity index (χ3n) is 3.77. The number of carbonyl (C=O) groups excluding carboxylic acids is 1. The predicted molar refractivity (Wildman–Crippen MR) is 96.5 cm³/mol. The molecule has 0 aromatic heterocycles. The van der Waals surface area contributed by atoms with Crippen molar-refractivity contribution >= 4 is 23.3 Å². The van der Waals surface area contributed by atoms with Crippen LogP contribution >= 0.6 is 0 Å². The molecule has 2 aromatic carbocycles. The zero-order chi connectivity index (χ0) is 18.2. The molecule has 0 aliphatic rings. The van der Waals surface area contributed by atoms with E-state index in [-0.39, 0.29) is 18.9 Å². The van der Waals surface area contributed by atoms with Crippen LogP contribution in [0.25, 0.3) is 0 Å². The molecule has 0 aliphatic heterocycles. The van der Waals surface area contributed by atoms with E-state index in [0.29, 0.717) is 23.5 Å². The minimum absolute atomic E-state index is 0.0783. The zero-order valence-corrected chi connectivity index (χ0v) is 14.4. The number of carbonyl (C=O) groups is 2. The Hall–Kier alpha value is -3.02. The SMILES string of the molecule is CCN(CCC(=O)O)C(=O)c1ccccc1Nc1cccc(OC)c1. The molecule has 0 saturated heterocycles. The molecular formula is C19H22N2O4. The Labute approximate surface area is 147 Å². The molecule has 0 heterocycles. The quantitative estimate of drug-likeness (QED) is 0.769. The van der Waals surface area contributed by atoms with Crippen LogP contribution in [0.4, 0.5) is 11.4 Å². The maximum atomic E-state index is 12.8. The summed E-state index contributed by atoms with van der Waals surface area (Å²) in [4.78, 5) is 25.1. The Morgan fingerprint density at radius 3 is 2.60 bits per heavy atom. The molecule has 0 unspecified atom stereocenters. The molecule has 0 aliphatic carbocycles. The van der Waals surface area contributed by atoms with E-state index < -0.39 is 5.97 Å². The second-order valence-corrected chi connectivity index (χ2v) is 5.43. The van der Waals surface area contributed by atoms with Gasteiger partial charge in [0.15, 0.2) is 0 Å². The van der Waals surface area contributed by atoms with Crippen molar-refractivity contribution in [3.05, 3.63) is 54.1 Å². The number of rotatable bonds is 8. The van der Waals surface area contributed by atoms with E-state index in [2.05, 4.69) is 5.32 Å². The smallest absolute Gasteiger partial charge is 0.305 e. The van der Waals surface area contributed by atoms with Crippen molar-refractivity contribution < 1.29 is 19.4 Å². The number of ether oxygens (including phenoxy) is 1. The third-order valence-corrected chi connectivity index (χ3v) is 3.77. The molecule has 0 radical (unpaired) electrons. The normalized spacial score (nSPS) is 10.2. The van der Waals surface area contributed by atoms with Gasteiger partial charge in [0, 0.05) is 24.8 Å². The Kier molecular flexibility index (Phi) is 6.39. The molecule has 6 heteroatoms. The number of hydrogen-bond acceptors (Lipinski definition) is 4. The van der Waals surface area contributed by atoms with Gasteiger partial charge in [0.2, 0.25) is 0 Å². The molecular weight excluding hydrogens is 320 g/mol. The first-order valence-corrected chi connectivity index (χ1v) is 8.06. The average molecular weight is 342 g/mol. The summed E-state index contributed by atoms with van der Waals surface area (Å²) in [5.41, 5.74) is 1.96. The lowest BCUT2D eigenvalue weighted by atomic mass is 10.1. The maximum absolute atomic E-state index is 12.8. The fraction of sp³-hybridized carbons (Fsp3) is 0.263. The van der Waals surface area contributed by atoms with E-state index in [1.165, 1.54) is 4.90 Å². The average Bonchev–Trinajstić information content (AvgIpc) is 2.62. The van der Waals surface area contributed by atoms with Gasteiger partial charge in [-0.05, 0) is 31.2 Å². The molecule has 25 heavy (non-hydrogen) atoms. The van der Waals surface area contributed by atoms with Gasteiger partial charge in [-0.3, -0.25) is 9.59 Å². The summed E-state index contributed by atoms with van der Waals surface area (Å²) >= 11 is 0. The molecule has 0 spiro atoms. The highest BCUT2D eigenvalue weighted by molar-refractivity contribution is 6.00. The number of carboxylic acid groups (broad SMARTS) is 1. The number of para-hydroxylation sites is 1. The van der Waals surface area contributed by atoms with Gasteiger partial charge in [-0.2, -0.15) is 0 Å². The standard InChI is InChI=1S/C19H22N2O4/c1-3-21(12-11-18(22)23)19(24)16-9-4-5-10-17(16)20-14-7-6-8-15(13-14)25-2/h4-10,13,20H,3,11-12H2,1-2H3,(H,22,23). The van der Waals surface area contributed by atoms with E-state index in [4.69, 9.17) is 9.84 Å². The van der Waals surface area contributed by atoms with Crippen LogP contribution in [0.2, 0.25) is 0 Å². The topological polar surface area (TPSA) is 78.9 Å². The summed E-state index contributed by atoms with van der Waals surface area (Å²) < 4.78 is 5.21. The van der Waals surface area contributed by atoms with Gasteiger partial charge in [-0.1, -0.05) is 18.2 Å². The van der Waals surface area contributed by atoms with E-state index in [9.17, 15) is 9.59 Å². The van der Waals surface area contributed by atoms with Crippen LogP contribution in [-0.2, 0) is 4.79 Å². The zero-order valence-electron chi connectivity index (χ0n) is 14.4. The number of hydrogen-bond donors (Lipinski definition) is 2. The first-order valence-electron chi connectivity index (χ1n) is 8.06. The van der Waals surface area contributed by atoms with Crippen LogP contribution in [0.1, 0.15) is 23.7 Å². The van der Waals surface area contributed by atoms with E-state index in [1.807, 2.05) is 43.3 Å². The van der Waals surface area contributed by atoms with Gasteiger partial charge in [0.05, 0.1) is 24.8 Å². The van der Waals surface area contributed by atoms with Crippen LogP contribution in [0, 0.1) is 0 Å². The number of aliphatic carboxylic acids is 1. The summed E-state index contributed by atoms with van der Waals surface area (Å²) in [7, 11) is 1.60. The molecule has 132 valence electrons. The molecule has 0 bridgehead atoms. The summed E-state index contributed by atoms with van der Waals surface area (Å²) in [6.45, 7) is 2.45. The third kappa shape index (κ3) is 4.97.